The Morgan fingerprint density at radius 3 is 2.56 bits per heavy atom. The Bertz CT molecular complexity index is 876. The summed E-state index contributed by atoms with van der Waals surface area (Å²) in [5, 5.41) is 12.4. The van der Waals surface area contributed by atoms with Crippen molar-refractivity contribution in [3.63, 3.8) is 0 Å². The van der Waals surface area contributed by atoms with E-state index >= 15 is 0 Å². The average Bonchev–Trinajstić information content (AvgIpc) is 3.19. The highest BCUT2D eigenvalue weighted by Crippen LogP contribution is 2.28. The molecule has 3 aromatic rings. The van der Waals surface area contributed by atoms with Gasteiger partial charge in [0.1, 0.15) is 5.01 Å². The number of amides is 1. The van der Waals surface area contributed by atoms with Crippen molar-refractivity contribution in [2.45, 2.75) is 25.3 Å². The number of nitrogens with zero attached hydrogens (tertiary/aromatic N) is 4. The largest absolute Gasteiger partial charge is 0.320 e. The number of para-hydroxylation sites is 1. The van der Waals surface area contributed by atoms with Crippen LogP contribution < -0.4 is 5.32 Å². The van der Waals surface area contributed by atoms with Crippen molar-refractivity contribution in [2.24, 2.45) is 0 Å². The first kappa shape index (κ1) is 17.8. The molecule has 0 saturated carbocycles. The maximum Gasteiger partial charge on any atom is 0.286 e. The molecule has 0 bridgehead atoms. The van der Waals surface area contributed by atoms with Crippen LogP contribution in [0.5, 0.6) is 0 Å². The summed E-state index contributed by atoms with van der Waals surface area (Å²) in [5.74, 6) is 0.396. The van der Waals surface area contributed by atoms with E-state index in [1.54, 1.807) is 0 Å². The third kappa shape index (κ3) is 4.56. The van der Waals surface area contributed by atoms with E-state index in [4.69, 9.17) is 0 Å². The molecule has 138 valence electrons. The van der Waals surface area contributed by atoms with E-state index in [2.05, 4.69) is 37.5 Å². The minimum absolute atomic E-state index is 0.207. The van der Waals surface area contributed by atoms with Crippen LogP contribution in [-0.4, -0.2) is 39.1 Å². The molecule has 0 radical (unpaired) electrons. The fraction of sp³-hybridized carbons (Fsp3) is 0.300. The van der Waals surface area contributed by atoms with Gasteiger partial charge in [0, 0.05) is 18.1 Å². The third-order valence-corrected chi connectivity index (χ3v) is 5.72. The zero-order valence-electron chi connectivity index (χ0n) is 14.9. The van der Waals surface area contributed by atoms with Crippen molar-refractivity contribution >= 4 is 22.9 Å². The minimum Gasteiger partial charge on any atom is -0.320 e. The van der Waals surface area contributed by atoms with Gasteiger partial charge < -0.3 is 5.32 Å². The van der Waals surface area contributed by atoms with Gasteiger partial charge in [-0.3, -0.25) is 14.7 Å². The van der Waals surface area contributed by atoms with Crippen LogP contribution in [-0.2, 0) is 6.54 Å². The van der Waals surface area contributed by atoms with E-state index in [1.165, 1.54) is 16.9 Å². The Balaban J connectivity index is 1.30. The molecule has 3 heterocycles. The molecule has 6 nitrogen and oxygen atoms in total. The second-order valence-corrected chi connectivity index (χ2v) is 7.71. The number of piperidine rings is 1. The fourth-order valence-electron chi connectivity index (χ4n) is 3.37. The molecule has 27 heavy (non-hydrogen) atoms. The number of nitrogens with one attached hydrogen (secondary N) is 1. The number of aromatic nitrogens is 3. The topological polar surface area (TPSA) is 71.0 Å². The summed E-state index contributed by atoms with van der Waals surface area (Å²) in [6, 6.07) is 13.6. The Kier molecular flexibility index (Phi) is 5.50. The molecular formula is C20H21N5OS. The highest BCUT2D eigenvalue weighted by molar-refractivity contribution is 7.13. The number of benzene rings is 1. The van der Waals surface area contributed by atoms with Crippen molar-refractivity contribution in [3.05, 3.63) is 70.4 Å². The molecule has 1 aliphatic rings. The lowest BCUT2D eigenvalue weighted by Gasteiger charge is -2.31. The monoisotopic (exact) mass is 379 g/mol. The van der Waals surface area contributed by atoms with E-state index in [1.807, 2.05) is 42.7 Å². The Morgan fingerprint density at radius 1 is 1.07 bits per heavy atom. The second-order valence-electron chi connectivity index (χ2n) is 6.65. The van der Waals surface area contributed by atoms with Gasteiger partial charge in [0.25, 0.3) is 5.91 Å². The molecule has 1 aromatic carbocycles. The summed E-state index contributed by atoms with van der Waals surface area (Å²) in [7, 11) is 0. The number of pyridine rings is 1. The number of carbonyl (C=O) groups excluding carboxylic acids is 1. The summed E-state index contributed by atoms with van der Waals surface area (Å²) in [4.78, 5) is 18.8. The molecule has 1 fully saturated rings. The van der Waals surface area contributed by atoms with Gasteiger partial charge in [-0.05, 0) is 61.7 Å². The van der Waals surface area contributed by atoms with Crippen LogP contribution in [0.2, 0.25) is 0 Å². The van der Waals surface area contributed by atoms with E-state index in [0.717, 1.165) is 43.2 Å². The van der Waals surface area contributed by atoms with Crippen LogP contribution in [0.25, 0.3) is 0 Å². The van der Waals surface area contributed by atoms with Gasteiger partial charge in [-0.15, -0.1) is 10.2 Å². The van der Waals surface area contributed by atoms with Gasteiger partial charge in [-0.2, -0.15) is 0 Å². The van der Waals surface area contributed by atoms with Gasteiger partial charge in [-0.25, -0.2) is 0 Å². The third-order valence-electron chi connectivity index (χ3n) is 4.82. The lowest BCUT2D eigenvalue weighted by Crippen LogP contribution is -2.32. The van der Waals surface area contributed by atoms with Crippen molar-refractivity contribution < 1.29 is 4.79 Å². The number of hydrogen-bond acceptors (Lipinski definition) is 6. The Hall–Kier alpha value is -2.64. The smallest absolute Gasteiger partial charge is 0.286 e. The lowest BCUT2D eigenvalue weighted by atomic mass is 9.90. The molecular weight excluding hydrogens is 358 g/mol. The van der Waals surface area contributed by atoms with Gasteiger partial charge in [0.05, 0.1) is 6.54 Å². The number of rotatable bonds is 5. The zero-order chi connectivity index (χ0) is 18.5. The van der Waals surface area contributed by atoms with Crippen molar-refractivity contribution in [2.75, 3.05) is 18.4 Å². The van der Waals surface area contributed by atoms with E-state index in [9.17, 15) is 4.79 Å². The molecule has 7 heteroatoms. The van der Waals surface area contributed by atoms with Crippen LogP contribution in [0.15, 0.2) is 54.9 Å². The fourth-order valence-corrected chi connectivity index (χ4v) is 4.14. The van der Waals surface area contributed by atoms with Crippen molar-refractivity contribution in [3.8, 4) is 0 Å². The number of likely N-dealkylation sites (tertiary alicyclic amines) is 1. The number of anilines is 1. The van der Waals surface area contributed by atoms with E-state index < -0.39 is 0 Å². The molecule has 0 aliphatic carbocycles. The normalized spacial score (nSPS) is 15.6. The first-order valence-corrected chi connectivity index (χ1v) is 9.90. The Morgan fingerprint density at radius 2 is 1.81 bits per heavy atom. The van der Waals surface area contributed by atoms with Gasteiger partial charge >= 0.3 is 0 Å². The molecule has 0 spiro atoms. The minimum atomic E-state index is -0.207. The van der Waals surface area contributed by atoms with Gasteiger partial charge in [0.15, 0.2) is 0 Å². The average molecular weight is 379 g/mol. The molecule has 2 aromatic heterocycles. The van der Waals surface area contributed by atoms with Crippen molar-refractivity contribution in [1.82, 2.24) is 20.1 Å². The molecule has 4 rings (SSSR count). The summed E-state index contributed by atoms with van der Waals surface area (Å²) < 4.78 is 0. The number of carbonyl (C=O) groups is 1. The molecule has 0 unspecified atom stereocenters. The summed E-state index contributed by atoms with van der Waals surface area (Å²) >= 11 is 1.37. The van der Waals surface area contributed by atoms with Crippen LogP contribution in [0.3, 0.4) is 0 Å². The predicted molar refractivity (Wildman–Crippen MR) is 106 cm³/mol. The van der Waals surface area contributed by atoms with Gasteiger partial charge in [0.2, 0.25) is 5.01 Å². The van der Waals surface area contributed by atoms with Crippen LogP contribution in [0.4, 0.5) is 5.69 Å². The summed E-state index contributed by atoms with van der Waals surface area (Å²) in [6.45, 7) is 2.80. The molecule has 1 N–H and O–H groups in total. The first-order valence-electron chi connectivity index (χ1n) is 9.09. The maximum absolute atomic E-state index is 12.3. The highest BCUT2D eigenvalue weighted by atomic mass is 32.1. The first-order chi connectivity index (χ1) is 13.3. The van der Waals surface area contributed by atoms with Crippen LogP contribution in [0, 0.1) is 0 Å². The van der Waals surface area contributed by atoms with E-state index in [-0.39, 0.29) is 5.91 Å². The lowest BCUT2D eigenvalue weighted by molar-refractivity contribution is 0.102. The van der Waals surface area contributed by atoms with Crippen LogP contribution >= 0.6 is 11.3 Å². The number of hydrogen-bond donors (Lipinski definition) is 1. The molecule has 1 amide bonds. The Labute approximate surface area is 162 Å². The standard InChI is InChI=1S/C20H21N5OS/c26-19(22-17-4-2-1-3-5-17)20-24-23-18(27-20)14-25-12-8-16(9-13-25)15-6-10-21-11-7-15/h1-7,10-11,16H,8-9,12-14H2,(H,22,26). The molecule has 1 aliphatic heterocycles. The maximum atomic E-state index is 12.3. The van der Waals surface area contributed by atoms with E-state index in [0.29, 0.717) is 10.9 Å². The van der Waals surface area contributed by atoms with Crippen molar-refractivity contribution in [1.29, 1.82) is 0 Å². The zero-order valence-corrected chi connectivity index (χ0v) is 15.7. The quantitative estimate of drug-likeness (QED) is 0.734. The summed E-state index contributed by atoms with van der Waals surface area (Å²) in [5.41, 5.74) is 2.14. The van der Waals surface area contributed by atoms with Gasteiger partial charge in [-0.1, -0.05) is 29.5 Å². The molecule has 0 atom stereocenters. The summed E-state index contributed by atoms with van der Waals surface area (Å²) in [6.07, 6.45) is 5.99. The highest BCUT2D eigenvalue weighted by Gasteiger charge is 2.22. The second kappa shape index (κ2) is 8.37. The SMILES string of the molecule is O=C(Nc1ccccc1)c1nnc(CN2CCC(c3ccncc3)CC2)s1. The predicted octanol–water partition coefficient (Wildman–Crippen LogP) is 3.57. The molecule has 1 saturated heterocycles. The van der Waals surface area contributed by atoms with Crippen LogP contribution in [0.1, 0.15) is 39.1 Å².